The van der Waals surface area contributed by atoms with E-state index in [4.69, 9.17) is 23.2 Å². The van der Waals surface area contributed by atoms with Crippen LogP contribution >= 0.6 is 23.2 Å². The van der Waals surface area contributed by atoms with Crippen LogP contribution in [-0.4, -0.2) is 18.4 Å². The van der Waals surface area contributed by atoms with Gasteiger partial charge in [0, 0.05) is 11.3 Å². The van der Waals surface area contributed by atoms with Gasteiger partial charge in [0.25, 0.3) is 5.91 Å². The van der Waals surface area contributed by atoms with E-state index < -0.39 is 0 Å². The quantitative estimate of drug-likeness (QED) is 0.867. The van der Waals surface area contributed by atoms with Crippen LogP contribution < -0.4 is 10.6 Å². The highest BCUT2D eigenvalue weighted by molar-refractivity contribution is 6.42. The van der Waals surface area contributed by atoms with Crippen molar-refractivity contribution in [2.75, 3.05) is 11.9 Å². The summed E-state index contributed by atoms with van der Waals surface area (Å²) in [6.45, 7) is -0.115. The van der Waals surface area contributed by atoms with E-state index in [1.54, 1.807) is 12.1 Å². The van der Waals surface area contributed by atoms with Gasteiger partial charge < -0.3 is 10.6 Å². The molecule has 2 N–H and O–H groups in total. The van der Waals surface area contributed by atoms with Crippen LogP contribution in [0, 0.1) is 0 Å². The molecule has 3 rings (SSSR count). The molecule has 2 aromatic rings. The Morgan fingerprint density at radius 1 is 0.958 bits per heavy atom. The van der Waals surface area contributed by atoms with Crippen molar-refractivity contribution >= 4 is 40.7 Å². The molecule has 0 aromatic heterocycles. The predicted molar refractivity (Wildman–Crippen MR) is 95.9 cm³/mol. The molecule has 4 nitrogen and oxygen atoms in total. The first kappa shape index (κ1) is 16.8. The Kier molecular flexibility index (Phi) is 5.07. The van der Waals surface area contributed by atoms with Crippen molar-refractivity contribution in [3.8, 4) is 0 Å². The molecule has 0 fully saturated rings. The van der Waals surface area contributed by atoms with Crippen molar-refractivity contribution in [1.29, 1.82) is 0 Å². The molecule has 2 amide bonds. The van der Waals surface area contributed by atoms with Gasteiger partial charge in [-0.1, -0.05) is 29.3 Å². The topological polar surface area (TPSA) is 58.2 Å². The van der Waals surface area contributed by atoms with Crippen LogP contribution in [0.5, 0.6) is 0 Å². The maximum Gasteiger partial charge on any atom is 0.251 e. The van der Waals surface area contributed by atoms with Crippen LogP contribution in [0.25, 0.3) is 0 Å². The van der Waals surface area contributed by atoms with Gasteiger partial charge >= 0.3 is 0 Å². The lowest BCUT2D eigenvalue weighted by molar-refractivity contribution is -0.115. The normalized spacial score (nSPS) is 12.6. The number of nitrogens with one attached hydrogen (secondary N) is 2. The number of hydrogen-bond acceptors (Lipinski definition) is 2. The van der Waals surface area contributed by atoms with E-state index in [9.17, 15) is 9.59 Å². The highest BCUT2D eigenvalue weighted by atomic mass is 35.5. The van der Waals surface area contributed by atoms with Crippen LogP contribution in [0.15, 0.2) is 36.4 Å². The molecule has 1 aliphatic rings. The molecule has 124 valence electrons. The second-order valence-electron chi connectivity index (χ2n) is 5.70. The van der Waals surface area contributed by atoms with E-state index in [-0.39, 0.29) is 18.4 Å². The summed E-state index contributed by atoms with van der Waals surface area (Å²) in [7, 11) is 0. The Morgan fingerprint density at radius 3 is 2.54 bits per heavy atom. The molecule has 0 aliphatic heterocycles. The van der Waals surface area contributed by atoms with Crippen molar-refractivity contribution in [3.05, 3.63) is 63.1 Å². The maximum absolute atomic E-state index is 12.0. The molecule has 0 heterocycles. The van der Waals surface area contributed by atoms with Crippen LogP contribution in [0.2, 0.25) is 10.0 Å². The standard InChI is InChI=1S/C18H16Cl2N2O2/c19-15-7-5-13(9-16(15)20)18(24)21-10-17(23)22-14-6-4-11-2-1-3-12(11)8-14/h4-9H,1-3,10H2,(H,21,24)(H,22,23). The first-order valence-corrected chi connectivity index (χ1v) is 8.43. The van der Waals surface area contributed by atoms with E-state index in [1.807, 2.05) is 18.2 Å². The summed E-state index contributed by atoms with van der Waals surface area (Å²) >= 11 is 11.7. The van der Waals surface area contributed by atoms with Crippen LogP contribution in [0.3, 0.4) is 0 Å². The third kappa shape index (κ3) is 3.89. The Bertz CT molecular complexity index is 806. The van der Waals surface area contributed by atoms with Crippen LogP contribution in [-0.2, 0) is 17.6 Å². The number of anilines is 1. The molecule has 0 radical (unpaired) electrons. The monoisotopic (exact) mass is 362 g/mol. The molecule has 1 aliphatic carbocycles. The lowest BCUT2D eigenvalue weighted by atomic mass is 10.1. The van der Waals surface area contributed by atoms with Gasteiger partial charge in [0.2, 0.25) is 5.91 Å². The average molecular weight is 363 g/mol. The largest absolute Gasteiger partial charge is 0.343 e. The second kappa shape index (κ2) is 7.24. The Labute approximate surface area is 150 Å². The SMILES string of the molecule is O=C(CNC(=O)c1ccc(Cl)c(Cl)c1)Nc1ccc2c(c1)CCC2. The summed E-state index contributed by atoms with van der Waals surface area (Å²) in [6, 6.07) is 10.5. The zero-order valence-corrected chi connectivity index (χ0v) is 14.4. The van der Waals surface area contributed by atoms with E-state index >= 15 is 0 Å². The first-order chi connectivity index (χ1) is 11.5. The van der Waals surface area contributed by atoms with Gasteiger partial charge in [-0.05, 0) is 60.7 Å². The highest BCUT2D eigenvalue weighted by Gasteiger charge is 2.13. The molecule has 0 atom stereocenters. The minimum Gasteiger partial charge on any atom is -0.343 e. The van der Waals surface area contributed by atoms with Gasteiger partial charge in [-0.3, -0.25) is 9.59 Å². The molecule has 24 heavy (non-hydrogen) atoms. The smallest absolute Gasteiger partial charge is 0.251 e. The number of aryl methyl sites for hydroxylation is 2. The Balaban J connectivity index is 1.55. The lowest BCUT2D eigenvalue weighted by Gasteiger charge is -2.09. The van der Waals surface area contributed by atoms with Gasteiger partial charge in [-0.15, -0.1) is 0 Å². The fourth-order valence-electron chi connectivity index (χ4n) is 2.75. The van der Waals surface area contributed by atoms with Gasteiger partial charge in [0.15, 0.2) is 0 Å². The zero-order chi connectivity index (χ0) is 17.1. The van der Waals surface area contributed by atoms with Gasteiger partial charge in [-0.25, -0.2) is 0 Å². The van der Waals surface area contributed by atoms with Crippen molar-refractivity contribution in [1.82, 2.24) is 5.32 Å². The molecular weight excluding hydrogens is 347 g/mol. The molecule has 2 aromatic carbocycles. The van der Waals surface area contributed by atoms with Gasteiger partial charge in [-0.2, -0.15) is 0 Å². The minimum absolute atomic E-state index is 0.115. The first-order valence-electron chi connectivity index (χ1n) is 7.68. The summed E-state index contributed by atoms with van der Waals surface area (Å²) in [6.07, 6.45) is 3.31. The number of hydrogen-bond donors (Lipinski definition) is 2. The third-order valence-corrected chi connectivity index (χ3v) is 4.71. The summed E-state index contributed by atoms with van der Waals surface area (Å²) in [5.74, 6) is -0.654. The average Bonchev–Trinajstić information content (AvgIpc) is 3.03. The zero-order valence-electron chi connectivity index (χ0n) is 12.9. The van der Waals surface area contributed by atoms with E-state index in [0.717, 1.165) is 24.9 Å². The number of amides is 2. The molecule has 0 saturated heterocycles. The fourth-order valence-corrected chi connectivity index (χ4v) is 3.05. The van der Waals surface area contributed by atoms with E-state index in [2.05, 4.69) is 10.6 Å². The van der Waals surface area contributed by atoms with Crippen LogP contribution in [0.4, 0.5) is 5.69 Å². The van der Waals surface area contributed by atoms with E-state index in [1.165, 1.54) is 17.2 Å². The number of benzene rings is 2. The Hall–Kier alpha value is -2.04. The summed E-state index contributed by atoms with van der Waals surface area (Å²) in [5.41, 5.74) is 3.74. The Morgan fingerprint density at radius 2 is 1.75 bits per heavy atom. The molecule has 0 spiro atoms. The van der Waals surface area contributed by atoms with Gasteiger partial charge in [0.05, 0.1) is 16.6 Å². The predicted octanol–water partition coefficient (Wildman–Crippen LogP) is 3.85. The van der Waals surface area contributed by atoms with Crippen molar-refractivity contribution in [2.45, 2.75) is 19.3 Å². The number of carbonyl (C=O) groups excluding carboxylic acids is 2. The maximum atomic E-state index is 12.0. The molecule has 0 bridgehead atoms. The third-order valence-electron chi connectivity index (χ3n) is 3.97. The fraction of sp³-hybridized carbons (Fsp3) is 0.222. The van der Waals surface area contributed by atoms with Crippen LogP contribution in [0.1, 0.15) is 27.9 Å². The number of halogens is 2. The number of fused-ring (bicyclic) bond motifs is 1. The van der Waals surface area contributed by atoms with Crippen molar-refractivity contribution < 1.29 is 9.59 Å². The number of carbonyl (C=O) groups is 2. The lowest BCUT2D eigenvalue weighted by Crippen LogP contribution is -2.32. The minimum atomic E-state index is -0.377. The summed E-state index contributed by atoms with van der Waals surface area (Å²) < 4.78 is 0. The number of rotatable bonds is 4. The van der Waals surface area contributed by atoms with E-state index in [0.29, 0.717) is 15.6 Å². The highest BCUT2D eigenvalue weighted by Crippen LogP contribution is 2.25. The van der Waals surface area contributed by atoms with Gasteiger partial charge in [0.1, 0.15) is 0 Å². The summed E-state index contributed by atoms with van der Waals surface area (Å²) in [5, 5.41) is 6.04. The molecule has 0 unspecified atom stereocenters. The summed E-state index contributed by atoms with van der Waals surface area (Å²) in [4.78, 5) is 24.0. The second-order valence-corrected chi connectivity index (χ2v) is 6.51. The molecular formula is C18H16Cl2N2O2. The van der Waals surface area contributed by atoms with Crippen molar-refractivity contribution in [3.63, 3.8) is 0 Å². The van der Waals surface area contributed by atoms with Crippen molar-refractivity contribution in [2.24, 2.45) is 0 Å². The molecule has 0 saturated carbocycles. The molecule has 6 heteroatoms.